The minimum atomic E-state index is -0.116. The van der Waals surface area contributed by atoms with Crippen LogP contribution in [-0.4, -0.2) is 24.0 Å². The standard InChI is InChI=1S/C24H36N2O3/c1-16-11-12-20(18(14-16)23(3,4)5)28-15-21(27)25-13-9-10-19-17(2)26-22(29-19)24(6,7)8/h11-12,14H,9-10,13,15H2,1-8H3,(H,25,27). The first-order valence-corrected chi connectivity index (χ1v) is 10.4. The molecule has 0 unspecified atom stereocenters. The third kappa shape index (κ3) is 6.62. The highest BCUT2D eigenvalue weighted by atomic mass is 16.5. The minimum absolute atomic E-state index is 0.0155. The number of benzene rings is 1. The Morgan fingerprint density at radius 3 is 2.38 bits per heavy atom. The van der Waals surface area contributed by atoms with E-state index in [1.807, 2.05) is 19.1 Å². The average molecular weight is 401 g/mol. The van der Waals surface area contributed by atoms with Gasteiger partial charge in [0.15, 0.2) is 12.5 Å². The summed E-state index contributed by atoms with van der Waals surface area (Å²) in [5.74, 6) is 2.31. The number of carbonyl (C=O) groups excluding carboxylic acids is 1. The van der Waals surface area contributed by atoms with Crippen LogP contribution in [0.4, 0.5) is 0 Å². The first-order valence-electron chi connectivity index (χ1n) is 10.4. The van der Waals surface area contributed by atoms with Gasteiger partial charge in [-0.25, -0.2) is 4.98 Å². The Labute approximate surface area is 175 Å². The summed E-state index contributed by atoms with van der Waals surface area (Å²) in [4.78, 5) is 16.7. The van der Waals surface area contributed by atoms with Crippen molar-refractivity contribution in [3.8, 4) is 5.75 Å². The van der Waals surface area contributed by atoms with E-state index in [1.165, 1.54) is 5.56 Å². The molecule has 0 saturated heterocycles. The summed E-state index contributed by atoms with van der Waals surface area (Å²) >= 11 is 0. The molecule has 0 aliphatic carbocycles. The molecule has 2 rings (SSSR count). The predicted octanol–water partition coefficient (Wildman–Crippen LogP) is 5.01. The van der Waals surface area contributed by atoms with Crippen molar-refractivity contribution >= 4 is 5.91 Å². The predicted molar refractivity (Wildman–Crippen MR) is 117 cm³/mol. The summed E-state index contributed by atoms with van der Waals surface area (Å²) in [6.45, 7) is 17.3. The molecule has 5 nitrogen and oxygen atoms in total. The van der Waals surface area contributed by atoms with Crippen LogP contribution in [0.5, 0.6) is 5.75 Å². The fourth-order valence-electron chi connectivity index (χ4n) is 3.01. The molecule has 1 aromatic carbocycles. The smallest absolute Gasteiger partial charge is 0.257 e. The quantitative estimate of drug-likeness (QED) is 0.663. The molecule has 0 bridgehead atoms. The second kappa shape index (κ2) is 9.02. The minimum Gasteiger partial charge on any atom is -0.483 e. The van der Waals surface area contributed by atoms with E-state index in [2.05, 4.69) is 64.8 Å². The van der Waals surface area contributed by atoms with Crippen LogP contribution in [0.25, 0.3) is 0 Å². The lowest BCUT2D eigenvalue weighted by atomic mass is 9.85. The highest BCUT2D eigenvalue weighted by Gasteiger charge is 2.22. The zero-order chi connectivity index (χ0) is 21.8. The van der Waals surface area contributed by atoms with E-state index in [9.17, 15) is 4.79 Å². The van der Waals surface area contributed by atoms with Gasteiger partial charge in [0.05, 0.1) is 5.69 Å². The Morgan fingerprint density at radius 2 is 1.79 bits per heavy atom. The van der Waals surface area contributed by atoms with E-state index < -0.39 is 0 Å². The van der Waals surface area contributed by atoms with Gasteiger partial charge in [0.25, 0.3) is 5.91 Å². The molecule has 2 aromatic rings. The Kier molecular flexibility index (Phi) is 7.15. The molecule has 0 saturated carbocycles. The lowest BCUT2D eigenvalue weighted by Gasteiger charge is -2.23. The fourth-order valence-corrected chi connectivity index (χ4v) is 3.01. The second-order valence-electron chi connectivity index (χ2n) is 9.77. The molecule has 5 heteroatoms. The zero-order valence-corrected chi connectivity index (χ0v) is 19.2. The molecule has 0 aliphatic rings. The van der Waals surface area contributed by atoms with Crippen molar-refractivity contribution in [1.82, 2.24) is 10.3 Å². The van der Waals surface area contributed by atoms with Crippen molar-refractivity contribution in [2.45, 2.75) is 79.1 Å². The molecule has 1 heterocycles. The monoisotopic (exact) mass is 400 g/mol. The van der Waals surface area contributed by atoms with Gasteiger partial charge in [0.2, 0.25) is 0 Å². The zero-order valence-electron chi connectivity index (χ0n) is 19.2. The number of hydrogen-bond donors (Lipinski definition) is 1. The molecular formula is C24H36N2O3. The van der Waals surface area contributed by atoms with E-state index in [4.69, 9.17) is 9.15 Å². The average Bonchev–Trinajstić information content (AvgIpc) is 2.98. The van der Waals surface area contributed by atoms with Crippen molar-refractivity contribution in [3.05, 3.63) is 46.7 Å². The van der Waals surface area contributed by atoms with Gasteiger partial charge in [-0.1, -0.05) is 59.2 Å². The molecular weight excluding hydrogens is 364 g/mol. The number of rotatable bonds is 7. The summed E-state index contributed by atoms with van der Waals surface area (Å²) in [5, 5.41) is 2.92. The number of aromatic nitrogens is 1. The number of amides is 1. The van der Waals surface area contributed by atoms with Crippen LogP contribution < -0.4 is 10.1 Å². The third-order valence-electron chi connectivity index (χ3n) is 4.74. The molecule has 1 amide bonds. The maximum Gasteiger partial charge on any atom is 0.257 e. The first-order chi connectivity index (χ1) is 13.4. The van der Waals surface area contributed by atoms with E-state index in [1.54, 1.807) is 0 Å². The number of nitrogens with zero attached hydrogens (tertiary/aromatic N) is 1. The molecule has 0 fully saturated rings. The second-order valence-corrected chi connectivity index (χ2v) is 9.77. The van der Waals surface area contributed by atoms with E-state index in [-0.39, 0.29) is 23.3 Å². The van der Waals surface area contributed by atoms with Crippen LogP contribution in [0.3, 0.4) is 0 Å². The number of aryl methyl sites for hydroxylation is 3. The molecule has 29 heavy (non-hydrogen) atoms. The maximum absolute atomic E-state index is 12.2. The van der Waals surface area contributed by atoms with Crippen LogP contribution in [0.15, 0.2) is 22.6 Å². The SMILES string of the molecule is Cc1ccc(OCC(=O)NCCCc2oc(C(C)(C)C)nc2C)c(C(C)(C)C)c1. The van der Waals surface area contributed by atoms with E-state index >= 15 is 0 Å². The van der Waals surface area contributed by atoms with Gasteiger partial charge in [-0.2, -0.15) is 0 Å². The Balaban J connectivity index is 1.81. The number of nitrogens with one attached hydrogen (secondary N) is 1. The number of oxazole rings is 1. The lowest BCUT2D eigenvalue weighted by molar-refractivity contribution is -0.123. The van der Waals surface area contributed by atoms with Crippen molar-refractivity contribution in [2.75, 3.05) is 13.2 Å². The third-order valence-corrected chi connectivity index (χ3v) is 4.74. The first kappa shape index (κ1) is 23.0. The van der Waals surface area contributed by atoms with Gasteiger partial charge in [0, 0.05) is 18.4 Å². The molecule has 0 aliphatic heterocycles. The number of hydrogen-bond acceptors (Lipinski definition) is 4. The lowest BCUT2D eigenvalue weighted by Crippen LogP contribution is -2.30. The molecule has 160 valence electrons. The van der Waals surface area contributed by atoms with Gasteiger partial charge >= 0.3 is 0 Å². The Morgan fingerprint density at radius 1 is 1.10 bits per heavy atom. The maximum atomic E-state index is 12.2. The Hall–Kier alpha value is -2.30. The van der Waals surface area contributed by atoms with E-state index in [0.717, 1.165) is 41.5 Å². The van der Waals surface area contributed by atoms with Crippen molar-refractivity contribution in [2.24, 2.45) is 0 Å². The summed E-state index contributed by atoms with van der Waals surface area (Å²) < 4.78 is 11.7. The van der Waals surface area contributed by atoms with Gasteiger partial charge in [-0.15, -0.1) is 0 Å². The van der Waals surface area contributed by atoms with E-state index in [0.29, 0.717) is 6.54 Å². The topological polar surface area (TPSA) is 64.4 Å². The molecule has 1 aromatic heterocycles. The summed E-state index contributed by atoms with van der Waals surface area (Å²) in [5.41, 5.74) is 3.08. The van der Waals surface area contributed by atoms with Crippen LogP contribution in [-0.2, 0) is 22.0 Å². The van der Waals surface area contributed by atoms with Crippen LogP contribution in [0, 0.1) is 13.8 Å². The van der Waals surface area contributed by atoms with Crippen LogP contribution >= 0.6 is 0 Å². The summed E-state index contributed by atoms with van der Waals surface area (Å²) in [7, 11) is 0. The van der Waals surface area contributed by atoms with Gasteiger partial charge < -0.3 is 14.5 Å². The van der Waals surface area contributed by atoms with Crippen molar-refractivity contribution < 1.29 is 13.9 Å². The highest BCUT2D eigenvalue weighted by molar-refractivity contribution is 5.77. The number of carbonyl (C=O) groups is 1. The van der Waals surface area contributed by atoms with Crippen molar-refractivity contribution in [1.29, 1.82) is 0 Å². The van der Waals surface area contributed by atoms with Gasteiger partial charge in [-0.3, -0.25) is 4.79 Å². The molecule has 0 spiro atoms. The van der Waals surface area contributed by atoms with Crippen LogP contribution in [0.2, 0.25) is 0 Å². The van der Waals surface area contributed by atoms with Gasteiger partial charge in [-0.05, 0) is 37.3 Å². The largest absolute Gasteiger partial charge is 0.483 e. The van der Waals surface area contributed by atoms with Gasteiger partial charge in [0.1, 0.15) is 11.5 Å². The molecule has 1 N–H and O–H groups in total. The Bertz CT molecular complexity index is 839. The fraction of sp³-hybridized carbons (Fsp3) is 0.583. The highest BCUT2D eigenvalue weighted by Crippen LogP contribution is 2.32. The van der Waals surface area contributed by atoms with Crippen LogP contribution in [0.1, 0.15) is 76.4 Å². The summed E-state index contributed by atoms with van der Waals surface area (Å²) in [6, 6.07) is 6.08. The van der Waals surface area contributed by atoms with Crippen molar-refractivity contribution in [3.63, 3.8) is 0 Å². The molecule has 0 radical (unpaired) electrons. The number of ether oxygens (including phenoxy) is 1. The normalized spacial score (nSPS) is 12.1. The molecule has 0 atom stereocenters. The summed E-state index contributed by atoms with van der Waals surface area (Å²) in [6.07, 6.45) is 1.55.